The van der Waals surface area contributed by atoms with E-state index < -0.39 is 11.5 Å². The number of carboxylic acids is 1. The summed E-state index contributed by atoms with van der Waals surface area (Å²) in [5.41, 5.74) is 0.631. The fourth-order valence-electron chi connectivity index (χ4n) is 2.72. The van der Waals surface area contributed by atoms with Gasteiger partial charge in [-0.1, -0.05) is 29.8 Å². The third-order valence-electron chi connectivity index (χ3n) is 3.99. The molecule has 0 bridgehead atoms. The van der Waals surface area contributed by atoms with Crippen molar-refractivity contribution in [3.8, 4) is 11.5 Å². The molecule has 0 aliphatic carbocycles. The molecule has 0 fully saturated rings. The van der Waals surface area contributed by atoms with Gasteiger partial charge in [0.15, 0.2) is 11.5 Å². The Hall–Kier alpha value is -3.56. The van der Waals surface area contributed by atoms with Crippen molar-refractivity contribution in [2.75, 3.05) is 0 Å². The number of hydrogen-bond donors (Lipinski definition) is 2. The highest BCUT2D eigenvalue weighted by atomic mass is 35.5. The second-order valence-corrected chi connectivity index (χ2v) is 6.18. The molecular formula is C18H14ClN5O4. The molecular weight excluding hydrogens is 386 g/mol. The topological polar surface area (TPSA) is 145 Å². The van der Waals surface area contributed by atoms with Crippen LogP contribution in [0.1, 0.15) is 15.9 Å². The van der Waals surface area contributed by atoms with Gasteiger partial charge in [-0.05, 0) is 23.8 Å². The van der Waals surface area contributed by atoms with Crippen molar-refractivity contribution in [2.24, 2.45) is 0 Å². The van der Waals surface area contributed by atoms with E-state index in [4.69, 9.17) is 11.6 Å². The summed E-state index contributed by atoms with van der Waals surface area (Å²) in [5, 5.41) is 14.5. The minimum Gasteiger partial charge on any atom is -0.478 e. The number of rotatable bonds is 4. The fourth-order valence-corrected chi connectivity index (χ4v) is 2.92. The maximum Gasteiger partial charge on any atom is 0.338 e. The van der Waals surface area contributed by atoms with Gasteiger partial charge in [0.2, 0.25) is 0 Å². The van der Waals surface area contributed by atoms with Crippen LogP contribution in [0.5, 0.6) is 0 Å². The van der Waals surface area contributed by atoms with Crippen LogP contribution in [0.15, 0.2) is 53.6 Å². The number of nitrogens with one attached hydrogen (secondary N) is 1. The predicted molar refractivity (Wildman–Crippen MR) is 103 cm³/mol. The predicted octanol–water partition coefficient (Wildman–Crippen LogP) is 1.76. The van der Waals surface area contributed by atoms with Crippen LogP contribution in [-0.2, 0) is 6.54 Å². The molecule has 0 saturated heterocycles. The molecule has 4 rings (SSSR count). The van der Waals surface area contributed by atoms with E-state index in [1.54, 1.807) is 16.9 Å². The number of carbonyl (C=O) groups is 1. The van der Waals surface area contributed by atoms with Crippen molar-refractivity contribution >= 4 is 28.6 Å². The lowest BCUT2D eigenvalue weighted by molar-refractivity contribution is 0.0697. The molecule has 4 N–H and O–H groups in total. The number of aromatic carboxylic acids is 1. The summed E-state index contributed by atoms with van der Waals surface area (Å²) in [6.07, 6.45) is 3.01. The monoisotopic (exact) mass is 399 g/mol. The van der Waals surface area contributed by atoms with E-state index in [9.17, 15) is 14.7 Å². The average molecular weight is 400 g/mol. The third kappa shape index (κ3) is 3.48. The average Bonchev–Trinajstić information content (AvgIpc) is 3.07. The number of nitrogens with zero attached hydrogens (tertiary/aromatic N) is 4. The molecule has 3 heterocycles. The lowest BCUT2D eigenvalue weighted by atomic mass is 10.2. The summed E-state index contributed by atoms with van der Waals surface area (Å²) in [7, 11) is 0. The summed E-state index contributed by atoms with van der Waals surface area (Å²) in [6.45, 7) is 0.370. The zero-order valence-corrected chi connectivity index (χ0v) is 15.0. The van der Waals surface area contributed by atoms with Crippen molar-refractivity contribution in [1.82, 2.24) is 24.7 Å². The van der Waals surface area contributed by atoms with E-state index in [0.717, 1.165) is 5.56 Å². The number of H-pyrrole nitrogens is 1. The Morgan fingerprint density at radius 2 is 2.00 bits per heavy atom. The highest BCUT2D eigenvalue weighted by Crippen LogP contribution is 2.19. The van der Waals surface area contributed by atoms with Gasteiger partial charge in [0.1, 0.15) is 11.1 Å². The molecule has 4 aromatic rings. The first kappa shape index (κ1) is 19.2. The summed E-state index contributed by atoms with van der Waals surface area (Å²) in [6, 6.07) is 10.2. The van der Waals surface area contributed by atoms with Crippen molar-refractivity contribution in [2.45, 2.75) is 6.54 Å². The number of halogens is 1. The molecule has 142 valence electrons. The maximum atomic E-state index is 12.4. The second-order valence-electron chi connectivity index (χ2n) is 5.77. The Labute approximate surface area is 162 Å². The summed E-state index contributed by atoms with van der Waals surface area (Å²) in [5.74, 6) is -1.11. The summed E-state index contributed by atoms with van der Waals surface area (Å²) in [4.78, 5) is 34.7. The molecule has 0 saturated carbocycles. The number of pyridine rings is 1. The molecule has 0 aliphatic heterocycles. The fraction of sp³-hybridized carbons (Fsp3) is 0.0556. The van der Waals surface area contributed by atoms with E-state index >= 15 is 0 Å². The summed E-state index contributed by atoms with van der Waals surface area (Å²) < 4.78 is 1.56. The number of hydrogen-bond acceptors (Lipinski definition) is 5. The number of fused-ring (bicyclic) bond motifs is 1. The van der Waals surface area contributed by atoms with Crippen LogP contribution in [0.4, 0.5) is 0 Å². The molecule has 0 unspecified atom stereocenters. The van der Waals surface area contributed by atoms with E-state index in [0.29, 0.717) is 17.0 Å². The Kier molecular flexibility index (Phi) is 5.21. The zero-order valence-electron chi connectivity index (χ0n) is 14.3. The smallest absolute Gasteiger partial charge is 0.338 e. The highest BCUT2D eigenvalue weighted by molar-refractivity contribution is 6.31. The second kappa shape index (κ2) is 7.59. The molecule has 9 nitrogen and oxygen atoms in total. The van der Waals surface area contributed by atoms with Gasteiger partial charge >= 0.3 is 5.97 Å². The van der Waals surface area contributed by atoms with Crippen LogP contribution in [0.3, 0.4) is 0 Å². The first-order valence-corrected chi connectivity index (χ1v) is 8.30. The van der Waals surface area contributed by atoms with Crippen LogP contribution in [-0.4, -0.2) is 41.3 Å². The van der Waals surface area contributed by atoms with Crippen LogP contribution in [0.2, 0.25) is 5.02 Å². The Balaban J connectivity index is 0.00000225. The van der Waals surface area contributed by atoms with Gasteiger partial charge in [0.25, 0.3) is 5.56 Å². The van der Waals surface area contributed by atoms with Crippen LogP contribution in [0.25, 0.3) is 22.6 Å². The van der Waals surface area contributed by atoms with Crippen LogP contribution in [0, 0.1) is 0 Å². The minimum atomic E-state index is -1.16. The van der Waals surface area contributed by atoms with Gasteiger partial charge in [0, 0.05) is 17.4 Å². The molecule has 0 radical (unpaired) electrons. The largest absolute Gasteiger partial charge is 0.478 e. The van der Waals surface area contributed by atoms with E-state index in [1.807, 2.05) is 18.2 Å². The third-order valence-corrected chi connectivity index (χ3v) is 4.36. The molecule has 0 atom stereocenters. The molecule has 3 aromatic heterocycles. The van der Waals surface area contributed by atoms with Gasteiger partial charge in [0.05, 0.1) is 12.1 Å². The molecule has 1 aromatic carbocycles. The lowest BCUT2D eigenvalue weighted by Gasteiger charge is -2.03. The quantitative estimate of drug-likeness (QED) is 0.534. The van der Waals surface area contributed by atoms with Gasteiger partial charge in [-0.2, -0.15) is 5.10 Å². The molecule has 0 amide bonds. The first-order valence-electron chi connectivity index (χ1n) is 7.92. The highest BCUT2D eigenvalue weighted by Gasteiger charge is 2.17. The number of aromatic amines is 1. The van der Waals surface area contributed by atoms with Gasteiger partial charge in [-0.25, -0.2) is 9.78 Å². The van der Waals surface area contributed by atoms with Crippen molar-refractivity contribution in [1.29, 1.82) is 0 Å². The Bertz CT molecular complexity index is 1230. The standard InChI is InChI=1S/C18H12ClN5O3.H2O/c19-13-6-2-1-4-10(13)8-24-9-12-15(23-24)21-16(22-17(12)25)14-11(18(26)27)5-3-7-20-14;/h1-7,9H,8H2,(H,26,27)(H,21,22,23,25);1H2. The van der Waals surface area contributed by atoms with Gasteiger partial charge < -0.3 is 15.6 Å². The minimum absolute atomic E-state index is 0. The number of aromatic nitrogens is 5. The number of benzene rings is 1. The van der Waals surface area contributed by atoms with Crippen molar-refractivity contribution < 1.29 is 15.4 Å². The molecule has 10 heteroatoms. The Morgan fingerprint density at radius 1 is 1.21 bits per heavy atom. The number of carboxylic acid groups (broad SMARTS) is 1. The summed E-state index contributed by atoms with van der Waals surface area (Å²) >= 11 is 6.17. The van der Waals surface area contributed by atoms with Gasteiger partial charge in [-0.15, -0.1) is 0 Å². The normalized spacial score (nSPS) is 10.6. The molecule has 0 spiro atoms. The first-order chi connectivity index (χ1) is 13.0. The van der Waals surface area contributed by atoms with Crippen LogP contribution < -0.4 is 5.56 Å². The SMILES string of the molecule is O.O=C(O)c1cccnc1-c1nc2nn(Cc3ccccc3Cl)cc2c(=O)[nH]1. The molecule has 0 aliphatic rings. The van der Waals surface area contributed by atoms with Gasteiger partial charge in [-0.3, -0.25) is 14.5 Å². The lowest BCUT2D eigenvalue weighted by Crippen LogP contribution is -2.11. The van der Waals surface area contributed by atoms with E-state index in [-0.39, 0.29) is 28.2 Å². The van der Waals surface area contributed by atoms with Crippen molar-refractivity contribution in [3.63, 3.8) is 0 Å². The van der Waals surface area contributed by atoms with Crippen molar-refractivity contribution in [3.05, 3.63) is 75.3 Å². The Morgan fingerprint density at radius 3 is 2.75 bits per heavy atom. The van der Waals surface area contributed by atoms with E-state index in [1.165, 1.54) is 18.3 Å². The van der Waals surface area contributed by atoms with Crippen LogP contribution >= 0.6 is 11.6 Å². The van der Waals surface area contributed by atoms with E-state index in [2.05, 4.69) is 20.1 Å². The zero-order chi connectivity index (χ0) is 19.0. The molecule has 28 heavy (non-hydrogen) atoms. The maximum absolute atomic E-state index is 12.4.